The van der Waals surface area contributed by atoms with Crippen molar-refractivity contribution >= 4 is 5.91 Å². The summed E-state index contributed by atoms with van der Waals surface area (Å²) >= 11 is 0. The van der Waals surface area contributed by atoms with E-state index in [-0.39, 0.29) is 18.9 Å². The van der Waals surface area contributed by atoms with Gasteiger partial charge < -0.3 is 65.1 Å². The van der Waals surface area contributed by atoms with Crippen LogP contribution in [0.4, 0.5) is 0 Å². The fourth-order valence-electron chi connectivity index (χ4n) is 10.6. The molecule has 2 aliphatic heterocycles. The summed E-state index contributed by atoms with van der Waals surface area (Å²) in [5.74, 6) is -0.246. The summed E-state index contributed by atoms with van der Waals surface area (Å²) in [6.07, 6.45) is 45.0. The number of nitrogens with one attached hydrogen (secondary N) is 1. The number of ether oxygens (including phenoxy) is 4. The Kier molecular flexibility index (Phi) is 46.2. The minimum Gasteiger partial charge on any atom is -0.394 e. The number of hydrogen-bond acceptors (Lipinski definition) is 13. The van der Waals surface area contributed by atoms with Crippen LogP contribution < -0.4 is 5.32 Å². The number of carbonyl (C=O) groups is 1. The molecule has 0 aliphatic carbocycles. The molecule has 0 saturated carbocycles. The molecule has 12 unspecified atom stereocenters. The molecular formula is C64H119NO13. The van der Waals surface area contributed by atoms with E-state index in [1.165, 1.54) is 205 Å². The highest BCUT2D eigenvalue weighted by atomic mass is 16.7. The number of amides is 1. The van der Waals surface area contributed by atoms with Crippen LogP contribution in [-0.2, 0) is 23.7 Å². The van der Waals surface area contributed by atoms with Crippen LogP contribution in [0.1, 0.15) is 271 Å². The van der Waals surface area contributed by atoms with Crippen LogP contribution in [0.15, 0.2) is 36.5 Å². The maximum Gasteiger partial charge on any atom is 0.220 e. The minimum absolute atomic E-state index is 0.246. The zero-order valence-corrected chi connectivity index (χ0v) is 49.4. The first kappa shape index (κ1) is 72.3. The molecule has 0 aromatic carbocycles. The molecule has 2 rings (SSSR count). The van der Waals surface area contributed by atoms with Gasteiger partial charge in [-0.05, 0) is 57.8 Å². The molecule has 78 heavy (non-hydrogen) atoms. The van der Waals surface area contributed by atoms with E-state index in [0.29, 0.717) is 12.8 Å². The molecule has 458 valence electrons. The average molecular weight is 1110 g/mol. The predicted molar refractivity (Wildman–Crippen MR) is 314 cm³/mol. The van der Waals surface area contributed by atoms with Crippen LogP contribution in [0.3, 0.4) is 0 Å². The maximum atomic E-state index is 13.3. The van der Waals surface area contributed by atoms with Crippen LogP contribution in [0.2, 0.25) is 0 Å². The molecule has 14 heteroatoms. The van der Waals surface area contributed by atoms with Crippen LogP contribution in [-0.4, -0.2) is 140 Å². The van der Waals surface area contributed by atoms with Crippen LogP contribution in [0.5, 0.6) is 0 Å². The molecule has 2 aliphatic rings. The highest BCUT2D eigenvalue weighted by Crippen LogP contribution is 2.30. The molecule has 1 amide bonds. The minimum atomic E-state index is -1.79. The number of hydrogen-bond donors (Lipinski definition) is 9. The van der Waals surface area contributed by atoms with Crippen molar-refractivity contribution < 1.29 is 64.6 Å². The van der Waals surface area contributed by atoms with E-state index in [0.717, 1.165) is 32.1 Å². The number of allylic oxidation sites excluding steroid dienone is 5. The molecular weight excluding hydrogens is 991 g/mol. The Labute approximate surface area is 474 Å². The normalized spacial score (nSPS) is 24.7. The lowest BCUT2D eigenvalue weighted by Gasteiger charge is -2.46. The van der Waals surface area contributed by atoms with Crippen molar-refractivity contribution in [2.75, 3.05) is 19.8 Å². The van der Waals surface area contributed by atoms with Gasteiger partial charge >= 0.3 is 0 Å². The number of rotatable bonds is 52. The van der Waals surface area contributed by atoms with Gasteiger partial charge in [-0.3, -0.25) is 4.79 Å². The first-order chi connectivity index (χ1) is 38.1. The Hall–Kier alpha value is -1.79. The van der Waals surface area contributed by atoms with Gasteiger partial charge in [0.15, 0.2) is 12.6 Å². The second kappa shape index (κ2) is 49.8. The highest BCUT2D eigenvalue weighted by molar-refractivity contribution is 5.76. The fourth-order valence-corrected chi connectivity index (χ4v) is 10.6. The molecule has 12 atom stereocenters. The van der Waals surface area contributed by atoms with E-state index in [4.69, 9.17) is 18.9 Å². The Morgan fingerprint density at radius 1 is 0.449 bits per heavy atom. The standard InChI is InChI=1S/C64H119NO13/c1-3-5-7-9-11-13-15-17-18-19-20-21-22-23-24-25-26-27-28-29-30-31-32-33-34-36-38-40-42-44-46-48-56(69)65-52(53(68)47-45-43-41-39-37-35-16-14-12-10-8-6-4-2)51-75-63-61(74)59(72)62(55(50-67)77-63)78-64-60(73)58(71)57(70)54(49-66)76-64/h19-20,37,39,45,47,52-55,57-64,66-68,70-74H,3-18,21-36,38,40-44,46,48-51H2,1-2H3,(H,65,69)/b20-19-,39-37+,47-45+. The summed E-state index contributed by atoms with van der Waals surface area (Å²) in [6, 6.07) is -0.929. The molecule has 2 saturated heterocycles. The number of aliphatic hydroxyl groups excluding tert-OH is 8. The van der Waals surface area contributed by atoms with E-state index in [9.17, 15) is 45.6 Å². The summed E-state index contributed by atoms with van der Waals surface area (Å²) < 4.78 is 22.8. The second-order valence-electron chi connectivity index (χ2n) is 22.9. The fraction of sp³-hybridized carbons (Fsp3) is 0.891. The third kappa shape index (κ3) is 34.6. The molecule has 14 nitrogen and oxygen atoms in total. The number of aliphatic hydroxyl groups is 8. The Morgan fingerprint density at radius 2 is 0.821 bits per heavy atom. The Morgan fingerprint density at radius 3 is 1.26 bits per heavy atom. The van der Waals surface area contributed by atoms with Crippen molar-refractivity contribution in [3.8, 4) is 0 Å². The van der Waals surface area contributed by atoms with Crippen LogP contribution >= 0.6 is 0 Å². The van der Waals surface area contributed by atoms with Crippen molar-refractivity contribution in [3.63, 3.8) is 0 Å². The molecule has 0 aromatic rings. The van der Waals surface area contributed by atoms with Gasteiger partial charge in [0.25, 0.3) is 0 Å². The average Bonchev–Trinajstić information content (AvgIpc) is 3.46. The largest absolute Gasteiger partial charge is 0.394 e. The van der Waals surface area contributed by atoms with Gasteiger partial charge in [-0.25, -0.2) is 0 Å². The van der Waals surface area contributed by atoms with Gasteiger partial charge in [0, 0.05) is 6.42 Å². The summed E-state index contributed by atoms with van der Waals surface area (Å²) in [7, 11) is 0. The quantitative estimate of drug-likeness (QED) is 0.0204. The number of unbranched alkanes of at least 4 members (excludes halogenated alkanes) is 35. The molecule has 0 spiro atoms. The van der Waals surface area contributed by atoms with Crippen molar-refractivity contribution in [1.82, 2.24) is 5.32 Å². The molecule has 9 N–H and O–H groups in total. The summed E-state index contributed by atoms with van der Waals surface area (Å²) in [6.45, 7) is 2.78. The molecule has 0 bridgehead atoms. The van der Waals surface area contributed by atoms with Gasteiger partial charge in [0.2, 0.25) is 5.91 Å². The van der Waals surface area contributed by atoms with Crippen molar-refractivity contribution in [2.24, 2.45) is 0 Å². The first-order valence-electron chi connectivity index (χ1n) is 32.2. The van der Waals surface area contributed by atoms with Gasteiger partial charge in [-0.1, -0.05) is 243 Å². The second-order valence-corrected chi connectivity index (χ2v) is 22.9. The Balaban J connectivity index is 1.64. The Bertz CT molecular complexity index is 1450. The lowest BCUT2D eigenvalue weighted by Crippen LogP contribution is -2.65. The van der Waals surface area contributed by atoms with E-state index in [1.54, 1.807) is 6.08 Å². The van der Waals surface area contributed by atoms with Crippen LogP contribution in [0, 0.1) is 0 Å². The van der Waals surface area contributed by atoms with Gasteiger partial charge in [-0.2, -0.15) is 0 Å². The van der Waals surface area contributed by atoms with Gasteiger partial charge in [0.1, 0.15) is 48.8 Å². The zero-order chi connectivity index (χ0) is 56.7. The smallest absolute Gasteiger partial charge is 0.220 e. The van der Waals surface area contributed by atoms with E-state index < -0.39 is 86.8 Å². The highest BCUT2D eigenvalue weighted by Gasteiger charge is 2.51. The summed E-state index contributed by atoms with van der Waals surface area (Å²) in [5.41, 5.74) is 0. The van der Waals surface area contributed by atoms with Gasteiger partial charge in [-0.15, -0.1) is 0 Å². The molecule has 0 radical (unpaired) electrons. The summed E-state index contributed by atoms with van der Waals surface area (Å²) in [4.78, 5) is 13.3. The molecule has 0 aromatic heterocycles. The third-order valence-corrected chi connectivity index (χ3v) is 15.8. The SMILES string of the molecule is CCCCCCCCC/C=C/CC/C=C/C(O)C(COC1OC(CO)C(OC2OC(CO)C(O)C(O)C2O)C(O)C1O)NC(=O)CCCCCCCCCCCCCCCCCCCCC/C=C\CCCCCCCCCC. The lowest BCUT2D eigenvalue weighted by molar-refractivity contribution is -0.359. The van der Waals surface area contributed by atoms with Crippen LogP contribution in [0.25, 0.3) is 0 Å². The van der Waals surface area contributed by atoms with E-state index >= 15 is 0 Å². The van der Waals surface area contributed by atoms with E-state index in [2.05, 4.69) is 43.5 Å². The topological polar surface area (TPSA) is 228 Å². The van der Waals surface area contributed by atoms with Gasteiger partial charge in [0.05, 0.1) is 32.0 Å². The van der Waals surface area contributed by atoms with Crippen molar-refractivity contribution in [3.05, 3.63) is 36.5 Å². The zero-order valence-electron chi connectivity index (χ0n) is 49.4. The summed E-state index contributed by atoms with van der Waals surface area (Å²) in [5, 5.41) is 87.0. The first-order valence-corrected chi connectivity index (χ1v) is 32.2. The van der Waals surface area contributed by atoms with E-state index in [1.807, 2.05) is 6.08 Å². The maximum absolute atomic E-state index is 13.3. The molecule has 2 heterocycles. The number of carbonyl (C=O) groups excluding carboxylic acids is 1. The van der Waals surface area contributed by atoms with Crippen molar-refractivity contribution in [1.29, 1.82) is 0 Å². The lowest BCUT2D eigenvalue weighted by atomic mass is 9.97. The monoisotopic (exact) mass is 1110 g/mol. The van der Waals surface area contributed by atoms with Crippen molar-refractivity contribution in [2.45, 2.75) is 344 Å². The molecule has 2 fully saturated rings. The predicted octanol–water partition coefficient (Wildman–Crippen LogP) is 11.8. The third-order valence-electron chi connectivity index (χ3n) is 15.8.